The molecule has 1 aromatic carbocycles. The summed E-state index contributed by atoms with van der Waals surface area (Å²) < 4.78 is 0. The molecule has 1 heterocycles. The molecular formula is C16H22N2O2. The number of carbonyl (C=O) groups is 2. The average molecular weight is 274 g/mol. The number of hydrogen-bond donors (Lipinski definition) is 1. The summed E-state index contributed by atoms with van der Waals surface area (Å²) in [6, 6.07) is 9.30. The van der Waals surface area contributed by atoms with Crippen LogP contribution in [0.5, 0.6) is 0 Å². The normalized spacial score (nSPS) is 19.9. The maximum Gasteiger partial charge on any atom is 0.324 e. The van der Waals surface area contributed by atoms with Crippen molar-refractivity contribution < 1.29 is 9.59 Å². The fourth-order valence-corrected chi connectivity index (χ4v) is 2.53. The first kappa shape index (κ1) is 14.6. The summed E-state index contributed by atoms with van der Waals surface area (Å²) in [6.07, 6.45) is 0.775. The predicted octanol–water partition coefficient (Wildman–Crippen LogP) is 2.79. The molecule has 0 spiro atoms. The molecule has 0 saturated carbocycles. The first-order valence-electron chi connectivity index (χ1n) is 7.00. The van der Waals surface area contributed by atoms with E-state index in [0.29, 0.717) is 13.1 Å². The van der Waals surface area contributed by atoms with Crippen LogP contribution in [0, 0.1) is 11.3 Å². The van der Waals surface area contributed by atoms with Crippen LogP contribution < -0.4 is 5.32 Å². The standard InChI is InChI=1S/C16H22N2O2/c1-16(2,3)9-13-10-17-15(20)18(14(13)19)11-12-7-5-4-6-8-12/h4-8,13H,9-11H2,1-3H3,(H,17,20). The van der Waals surface area contributed by atoms with Crippen LogP contribution in [0.1, 0.15) is 32.8 Å². The van der Waals surface area contributed by atoms with Gasteiger partial charge in [-0.05, 0) is 17.4 Å². The lowest BCUT2D eigenvalue weighted by atomic mass is 9.83. The molecule has 4 heteroatoms. The third-order valence-corrected chi connectivity index (χ3v) is 3.40. The van der Waals surface area contributed by atoms with Crippen molar-refractivity contribution in [3.8, 4) is 0 Å². The highest BCUT2D eigenvalue weighted by molar-refractivity contribution is 5.98. The number of hydrogen-bond acceptors (Lipinski definition) is 2. The number of benzene rings is 1. The molecule has 1 saturated heterocycles. The highest BCUT2D eigenvalue weighted by Gasteiger charge is 2.36. The van der Waals surface area contributed by atoms with E-state index >= 15 is 0 Å². The number of nitrogens with zero attached hydrogens (tertiary/aromatic N) is 1. The van der Waals surface area contributed by atoms with Crippen molar-refractivity contribution in [1.29, 1.82) is 0 Å². The number of urea groups is 1. The van der Waals surface area contributed by atoms with Crippen LogP contribution in [0.3, 0.4) is 0 Å². The van der Waals surface area contributed by atoms with E-state index in [1.807, 2.05) is 30.3 Å². The fourth-order valence-electron chi connectivity index (χ4n) is 2.53. The number of rotatable bonds is 3. The lowest BCUT2D eigenvalue weighted by Crippen LogP contribution is -2.54. The van der Waals surface area contributed by atoms with E-state index in [1.165, 1.54) is 4.90 Å². The first-order valence-corrected chi connectivity index (χ1v) is 7.00. The Kier molecular flexibility index (Phi) is 4.12. The zero-order valence-corrected chi connectivity index (χ0v) is 12.3. The van der Waals surface area contributed by atoms with Gasteiger partial charge in [0.25, 0.3) is 0 Å². The van der Waals surface area contributed by atoms with Crippen molar-refractivity contribution in [2.24, 2.45) is 11.3 Å². The minimum absolute atomic E-state index is 0.0625. The van der Waals surface area contributed by atoms with Gasteiger partial charge in [-0.25, -0.2) is 4.79 Å². The molecule has 20 heavy (non-hydrogen) atoms. The molecule has 1 aromatic rings. The van der Waals surface area contributed by atoms with E-state index in [0.717, 1.165) is 12.0 Å². The van der Waals surface area contributed by atoms with Gasteiger partial charge >= 0.3 is 6.03 Å². The lowest BCUT2D eigenvalue weighted by Gasteiger charge is -2.34. The molecule has 0 radical (unpaired) electrons. The molecule has 108 valence electrons. The van der Waals surface area contributed by atoms with Crippen molar-refractivity contribution in [3.63, 3.8) is 0 Å². The minimum atomic E-state index is -0.288. The second kappa shape index (κ2) is 5.65. The molecule has 4 nitrogen and oxygen atoms in total. The molecule has 2 rings (SSSR count). The number of carbonyl (C=O) groups excluding carboxylic acids is 2. The summed E-state index contributed by atoms with van der Waals surface area (Å²) in [4.78, 5) is 25.7. The molecule has 1 aliphatic heterocycles. The summed E-state index contributed by atoms with van der Waals surface area (Å²) in [6.45, 7) is 7.11. The first-order chi connectivity index (χ1) is 9.37. The summed E-state index contributed by atoms with van der Waals surface area (Å²) in [5, 5.41) is 2.82. The van der Waals surface area contributed by atoms with Crippen LogP contribution in [0.25, 0.3) is 0 Å². The minimum Gasteiger partial charge on any atom is -0.337 e. The van der Waals surface area contributed by atoms with Crippen LogP contribution in [-0.2, 0) is 11.3 Å². The Labute approximate surface area is 120 Å². The SMILES string of the molecule is CC(C)(C)CC1CNC(=O)N(Cc2ccccc2)C1=O. The van der Waals surface area contributed by atoms with Gasteiger partial charge in [0.15, 0.2) is 0 Å². The predicted molar refractivity (Wildman–Crippen MR) is 78.0 cm³/mol. The number of nitrogens with one attached hydrogen (secondary N) is 1. The summed E-state index contributed by atoms with van der Waals surface area (Å²) in [7, 11) is 0. The zero-order chi connectivity index (χ0) is 14.8. The molecular weight excluding hydrogens is 252 g/mol. The van der Waals surface area contributed by atoms with E-state index < -0.39 is 0 Å². The summed E-state index contributed by atoms with van der Waals surface area (Å²) in [5.74, 6) is -0.191. The Hall–Kier alpha value is -1.84. The second-order valence-electron chi connectivity index (χ2n) is 6.56. The lowest BCUT2D eigenvalue weighted by molar-refractivity contribution is -0.135. The smallest absolute Gasteiger partial charge is 0.324 e. The Morgan fingerprint density at radius 1 is 1.20 bits per heavy atom. The topological polar surface area (TPSA) is 49.4 Å². The highest BCUT2D eigenvalue weighted by atomic mass is 16.2. The highest BCUT2D eigenvalue weighted by Crippen LogP contribution is 2.27. The van der Waals surface area contributed by atoms with Crippen LogP contribution >= 0.6 is 0 Å². The number of amides is 3. The van der Waals surface area contributed by atoms with Crippen molar-refractivity contribution >= 4 is 11.9 Å². The quantitative estimate of drug-likeness (QED) is 0.921. The zero-order valence-electron chi connectivity index (χ0n) is 12.3. The van der Waals surface area contributed by atoms with Gasteiger partial charge in [0, 0.05) is 6.54 Å². The van der Waals surface area contributed by atoms with Gasteiger partial charge in [0.1, 0.15) is 0 Å². The van der Waals surface area contributed by atoms with Gasteiger partial charge < -0.3 is 5.32 Å². The second-order valence-corrected chi connectivity index (χ2v) is 6.56. The van der Waals surface area contributed by atoms with Gasteiger partial charge in [-0.3, -0.25) is 9.69 Å². The van der Waals surface area contributed by atoms with Crippen molar-refractivity contribution in [2.45, 2.75) is 33.7 Å². The van der Waals surface area contributed by atoms with Crippen LogP contribution in [0.4, 0.5) is 4.79 Å². The van der Waals surface area contributed by atoms with Crippen molar-refractivity contribution in [2.75, 3.05) is 6.54 Å². The van der Waals surface area contributed by atoms with Gasteiger partial charge in [-0.15, -0.1) is 0 Å². The van der Waals surface area contributed by atoms with E-state index in [9.17, 15) is 9.59 Å². The van der Waals surface area contributed by atoms with Crippen molar-refractivity contribution in [1.82, 2.24) is 10.2 Å². The van der Waals surface area contributed by atoms with Gasteiger partial charge in [-0.1, -0.05) is 51.1 Å². The third kappa shape index (κ3) is 3.59. The summed E-state index contributed by atoms with van der Waals surface area (Å²) >= 11 is 0. The van der Waals surface area contributed by atoms with Gasteiger partial charge in [-0.2, -0.15) is 0 Å². The maximum absolute atomic E-state index is 12.5. The Bertz CT molecular complexity index is 491. The van der Waals surface area contributed by atoms with E-state index in [4.69, 9.17) is 0 Å². The third-order valence-electron chi connectivity index (χ3n) is 3.40. The Morgan fingerprint density at radius 3 is 2.45 bits per heavy atom. The average Bonchev–Trinajstić information content (AvgIpc) is 2.38. The molecule has 0 bridgehead atoms. The van der Waals surface area contributed by atoms with Crippen LogP contribution in [0.2, 0.25) is 0 Å². The molecule has 1 atom stereocenters. The Balaban J connectivity index is 2.10. The van der Waals surface area contributed by atoms with Crippen molar-refractivity contribution in [3.05, 3.63) is 35.9 Å². The van der Waals surface area contributed by atoms with E-state index in [1.54, 1.807) is 0 Å². The molecule has 1 unspecified atom stereocenters. The number of imide groups is 1. The van der Waals surface area contributed by atoms with Gasteiger partial charge in [0.2, 0.25) is 5.91 Å². The largest absolute Gasteiger partial charge is 0.337 e. The molecule has 1 fully saturated rings. The maximum atomic E-state index is 12.5. The monoisotopic (exact) mass is 274 g/mol. The molecule has 1 aliphatic rings. The van der Waals surface area contributed by atoms with Gasteiger partial charge in [0.05, 0.1) is 12.5 Å². The van der Waals surface area contributed by atoms with Crippen LogP contribution in [-0.4, -0.2) is 23.4 Å². The molecule has 0 aliphatic carbocycles. The summed E-state index contributed by atoms with van der Waals surface area (Å²) in [5.41, 5.74) is 1.04. The molecule has 1 N–H and O–H groups in total. The fraction of sp³-hybridized carbons (Fsp3) is 0.500. The van der Waals surface area contributed by atoms with E-state index in [-0.39, 0.29) is 23.3 Å². The molecule has 3 amide bonds. The Morgan fingerprint density at radius 2 is 1.85 bits per heavy atom. The molecule has 0 aromatic heterocycles. The van der Waals surface area contributed by atoms with Crippen LogP contribution in [0.15, 0.2) is 30.3 Å². The van der Waals surface area contributed by atoms with E-state index in [2.05, 4.69) is 26.1 Å².